The smallest absolute Gasteiger partial charge is 0.307 e. The first-order chi connectivity index (χ1) is 12.0. The van der Waals surface area contributed by atoms with Crippen LogP contribution in [-0.4, -0.2) is 34.2 Å². The minimum Gasteiger partial charge on any atom is -0.466 e. The van der Waals surface area contributed by atoms with Crippen molar-refractivity contribution in [3.05, 3.63) is 40.3 Å². The van der Waals surface area contributed by atoms with Crippen LogP contribution in [0.5, 0.6) is 0 Å². The number of benzene rings is 1. The first kappa shape index (κ1) is 19.7. The van der Waals surface area contributed by atoms with Gasteiger partial charge in [0.05, 0.1) is 17.9 Å². The minimum atomic E-state index is -0.285. The second kappa shape index (κ2) is 9.73. The molecule has 0 aliphatic carbocycles. The number of ether oxygens (including phenoxy) is 1. The lowest BCUT2D eigenvalue weighted by Crippen LogP contribution is -2.30. The number of hydrogen-bond donors (Lipinski definition) is 0. The summed E-state index contributed by atoms with van der Waals surface area (Å²) in [6, 6.07) is 7.94. The predicted molar refractivity (Wildman–Crippen MR) is 106 cm³/mol. The van der Waals surface area contributed by atoms with Gasteiger partial charge in [-0.1, -0.05) is 73.6 Å². The molecule has 1 aromatic carbocycles. The van der Waals surface area contributed by atoms with E-state index in [4.69, 9.17) is 17.0 Å². The normalized spacial score (nSPS) is 15.9. The van der Waals surface area contributed by atoms with Gasteiger partial charge in [-0.15, -0.1) is 0 Å². The number of unbranched alkanes of at least 4 members (excludes halogenated alkanes) is 2. The van der Waals surface area contributed by atoms with Crippen molar-refractivity contribution < 1.29 is 14.3 Å². The largest absolute Gasteiger partial charge is 0.466 e. The molecule has 4 nitrogen and oxygen atoms in total. The van der Waals surface area contributed by atoms with Gasteiger partial charge in [0.25, 0.3) is 5.91 Å². The number of nitrogens with zero attached hydrogens (tertiary/aromatic N) is 1. The third-order valence-corrected chi connectivity index (χ3v) is 5.18. The molecule has 1 aromatic rings. The predicted octanol–water partition coefficient (Wildman–Crippen LogP) is 4.32. The molecule has 0 bridgehead atoms. The Labute approximate surface area is 158 Å². The molecule has 1 saturated heterocycles. The van der Waals surface area contributed by atoms with Gasteiger partial charge in [-0.25, -0.2) is 0 Å². The van der Waals surface area contributed by atoms with Crippen molar-refractivity contribution >= 4 is 46.3 Å². The number of esters is 1. The van der Waals surface area contributed by atoms with E-state index in [2.05, 4.69) is 6.92 Å². The fourth-order valence-electron chi connectivity index (χ4n) is 2.32. The zero-order valence-corrected chi connectivity index (χ0v) is 16.3. The van der Waals surface area contributed by atoms with Crippen LogP contribution in [0.3, 0.4) is 0 Å². The highest BCUT2D eigenvalue weighted by Crippen LogP contribution is 2.32. The number of hydrogen-bond acceptors (Lipinski definition) is 5. The summed E-state index contributed by atoms with van der Waals surface area (Å²) in [5.74, 6) is -0.429. The molecular formula is C19H23NO3S2. The molecule has 0 saturated carbocycles. The monoisotopic (exact) mass is 377 g/mol. The average Bonchev–Trinajstić information content (AvgIpc) is 2.85. The topological polar surface area (TPSA) is 46.6 Å². The standard InChI is InChI=1S/C19H23NO3S2/c1-3-4-5-12-23-17(21)10-11-20-18(22)16(25-19(20)24)13-15-8-6-14(2)7-9-15/h6-9,13H,3-5,10-12H2,1-2H3. The van der Waals surface area contributed by atoms with E-state index in [0.717, 1.165) is 24.8 Å². The number of thiocarbonyl (C=S) groups is 1. The summed E-state index contributed by atoms with van der Waals surface area (Å²) >= 11 is 6.55. The van der Waals surface area contributed by atoms with Crippen molar-refractivity contribution in [3.8, 4) is 0 Å². The van der Waals surface area contributed by atoms with E-state index in [0.29, 0.717) is 15.8 Å². The molecule has 1 amide bonds. The van der Waals surface area contributed by atoms with Gasteiger partial charge in [0.1, 0.15) is 4.32 Å². The summed E-state index contributed by atoms with van der Waals surface area (Å²) in [4.78, 5) is 26.3. The van der Waals surface area contributed by atoms with Gasteiger partial charge in [-0.05, 0) is 25.0 Å². The van der Waals surface area contributed by atoms with Crippen LogP contribution in [0.1, 0.15) is 43.7 Å². The SMILES string of the molecule is CCCCCOC(=O)CCN1C(=O)C(=Cc2ccc(C)cc2)SC1=S. The third kappa shape index (κ3) is 5.97. The molecule has 25 heavy (non-hydrogen) atoms. The van der Waals surface area contributed by atoms with E-state index in [1.54, 1.807) is 0 Å². The van der Waals surface area contributed by atoms with Crippen molar-refractivity contribution in [3.63, 3.8) is 0 Å². The number of aryl methyl sites for hydroxylation is 1. The van der Waals surface area contributed by atoms with Crippen LogP contribution in [0.25, 0.3) is 6.08 Å². The molecule has 0 atom stereocenters. The molecule has 0 unspecified atom stereocenters. The molecule has 1 heterocycles. The third-order valence-electron chi connectivity index (χ3n) is 3.80. The lowest BCUT2D eigenvalue weighted by Gasteiger charge is -2.13. The Morgan fingerprint density at radius 3 is 2.68 bits per heavy atom. The van der Waals surface area contributed by atoms with Gasteiger partial charge in [0, 0.05) is 6.54 Å². The number of amides is 1. The van der Waals surface area contributed by atoms with Crippen molar-refractivity contribution in [1.29, 1.82) is 0 Å². The van der Waals surface area contributed by atoms with E-state index in [1.807, 2.05) is 37.3 Å². The number of rotatable bonds is 8. The van der Waals surface area contributed by atoms with Crippen molar-refractivity contribution in [2.24, 2.45) is 0 Å². The average molecular weight is 378 g/mol. The molecule has 0 N–H and O–H groups in total. The van der Waals surface area contributed by atoms with Crippen molar-refractivity contribution in [2.45, 2.75) is 39.5 Å². The van der Waals surface area contributed by atoms with Crippen LogP contribution in [-0.2, 0) is 14.3 Å². The van der Waals surface area contributed by atoms with Crippen LogP contribution in [0.4, 0.5) is 0 Å². The van der Waals surface area contributed by atoms with E-state index < -0.39 is 0 Å². The van der Waals surface area contributed by atoms with Crippen molar-refractivity contribution in [1.82, 2.24) is 4.90 Å². The Morgan fingerprint density at radius 2 is 2.00 bits per heavy atom. The highest BCUT2D eigenvalue weighted by Gasteiger charge is 2.32. The number of carbonyl (C=O) groups is 2. The Bertz CT molecular complexity index is 668. The van der Waals surface area contributed by atoms with Crippen LogP contribution >= 0.6 is 24.0 Å². The summed E-state index contributed by atoms with van der Waals surface area (Å²) in [6.07, 6.45) is 5.01. The van der Waals surface area contributed by atoms with Gasteiger partial charge in [0.2, 0.25) is 0 Å². The maximum absolute atomic E-state index is 12.5. The Hall–Kier alpha value is -1.66. The van der Waals surface area contributed by atoms with E-state index in [1.165, 1.54) is 22.2 Å². The molecular weight excluding hydrogens is 354 g/mol. The Balaban J connectivity index is 1.88. The minimum absolute atomic E-state index is 0.144. The quantitative estimate of drug-likeness (QED) is 0.292. The number of carbonyl (C=O) groups excluding carboxylic acids is 2. The van der Waals surface area contributed by atoms with Gasteiger partial charge >= 0.3 is 5.97 Å². The molecule has 1 fully saturated rings. The summed E-state index contributed by atoms with van der Waals surface area (Å²) in [7, 11) is 0. The Kier molecular flexibility index (Phi) is 7.65. The second-order valence-corrected chi connectivity index (χ2v) is 7.60. The molecule has 134 valence electrons. The van der Waals surface area contributed by atoms with Gasteiger partial charge < -0.3 is 4.74 Å². The zero-order valence-electron chi connectivity index (χ0n) is 14.6. The van der Waals surface area contributed by atoms with Gasteiger partial charge in [0.15, 0.2) is 0 Å². The Morgan fingerprint density at radius 1 is 1.28 bits per heavy atom. The highest BCUT2D eigenvalue weighted by atomic mass is 32.2. The van der Waals surface area contributed by atoms with Gasteiger partial charge in [-0.2, -0.15) is 0 Å². The maximum Gasteiger partial charge on any atom is 0.307 e. The van der Waals surface area contributed by atoms with Crippen molar-refractivity contribution in [2.75, 3.05) is 13.2 Å². The van der Waals surface area contributed by atoms with Crippen LogP contribution in [0, 0.1) is 6.92 Å². The fraction of sp³-hybridized carbons (Fsp3) is 0.421. The second-order valence-electron chi connectivity index (χ2n) is 5.92. The number of thioether (sulfide) groups is 1. The highest BCUT2D eigenvalue weighted by molar-refractivity contribution is 8.26. The molecule has 0 radical (unpaired) electrons. The van der Waals surface area contributed by atoms with E-state index >= 15 is 0 Å². The first-order valence-corrected chi connectivity index (χ1v) is 9.71. The summed E-state index contributed by atoms with van der Waals surface area (Å²) in [5, 5.41) is 0. The molecule has 2 rings (SSSR count). The zero-order chi connectivity index (χ0) is 18.2. The first-order valence-electron chi connectivity index (χ1n) is 8.49. The molecule has 0 spiro atoms. The van der Waals surface area contributed by atoms with E-state index in [9.17, 15) is 9.59 Å². The molecule has 1 aliphatic heterocycles. The molecule has 6 heteroatoms. The van der Waals surface area contributed by atoms with Gasteiger partial charge in [-0.3, -0.25) is 14.5 Å². The molecule has 0 aromatic heterocycles. The summed E-state index contributed by atoms with van der Waals surface area (Å²) < 4.78 is 5.65. The molecule has 1 aliphatic rings. The lowest BCUT2D eigenvalue weighted by atomic mass is 10.1. The van der Waals surface area contributed by atoms with Crippen LogP contribution in [0.15, 0.2) is 29.2 Å². The summed E-state index contributed by atoms with van der Waals surface area (Å²) in [6.45, 7) is 4.83. The van der Waals surface area contributed by atoms with Crippen LogP contribution in [0.2, 0.25) is 0 Å². The summed E-state index contributed by atoms with van der Waals surface area (Å²) in [5.41, 5.74) is 2.13. The van der Waals surface area contributed by atoms with E-state index in [-0.39, 0.29) is 24.8 Å². The van der Waals surface area contributed by atoms with Crippen LogP contribution < -0.4 is 0 Å². The lowest BCUT2D eigenvalue weighted by molar-refractivity contribution is -0.144. The maximum atomic E-state index is 12.5. The fourth-order valence-corrected chi connectivity index (χ4v) is 3.63.